The van der Waals surface area contributed by atoms with Crippen LogP contribution in [0, 0.1) is 5.92 Å². The highest BCUT2D eigenvalue weighted by Crippen LogP contribution is 2.36. The first-order valence-corrected chi connectivity index (χ1v) is 10.9. The van der Waals surface area contributed by atoms with E-state index in [0.29, 0.717) is 25.7 Å². The molecule has 6 nitrogen and oxygen atoms in total. The van der Waals surface area contributed by atoms with Crippen LogP contribution in [0.4, 0.5) is 18.9 Å². The highest BCUT2D eigenvalue weighted by atomic mass is 79.9. The number of halogens is 4. The third-order valence-electron chi connectivity index (χ3n) is 5.87. The number of anilines is 1. The summed E-state index contributed by atoms with van der Waals surface area (Å²) in [6.45, 7) is 0. The highest BCUT2D eigenvalue weighted by Gasteiger charge is 2.33. The molecule has 1 saturated carbocycles. The van der Waals surface area contributed by atoms with Crippen LogP contribution in [0.3, 0.4) is 0 Å². The number of carbonyl (C=O) groups is 1. The van der Waals surface area contributed by atoms with Crippen molar-refractivity contribution in [3.05, 3.63) is 56.9 Å². The number of H-pyrrole nitrogens is 1. The summed E-state index contributed by atoms with van der Waals surface area (Å²) < 4.78 is 46.8. The Morgan fingerprint density at radius 3 is 2.56 bits per heavy atom. The van der Waals surface area contributed by atoms with Gasteiger partial charge in [-0.3, -0.25) is 9.36 Å². The molecule has 0 aliphatic heterocycles. The first kappa shape index (κ1) is 22.4. The van der Waals surface area contributed by atoms with Crippen molar-refractivity contribution < 1.29 is 22.7 Å². The summed E-state index contributed by atoms with van der Waals surface area (Å²) in [5.41, 5.74) is 0.488. The van der Waals surface area contributed by atoms with Crippen LogP contribution in [0.5, 0.6) is 5.75 Å². The van der Waals surface area contributed by atoms with Gasteiger partial charge in [0.05, 0.1) is 23.7 Å². The number of ether oxygens (including phenoxy) is 1. The zero-order valence-electron chi connectivity index (χ0n) is 17.1. The highest BCUT2D eigenvalue weighted by molar-refractivity contribution is 9.10. The normalized spacial score (nSPS) is 19.2. The Balaban J connectivity index is 1.47. The molecule has 1 aromatic heterocycles. The van der Waals surface area contributed by atoms with E-state index < -0.39 is 11.7 Å². The van der Waals surface area contributed by atoms with E-state index in [4.69, 9.17) is 4.74 Å². The van der Waals surface area contributed by atoms with Crippen molar-refractivity contribution in [2.45, 2.75) is 37.9 Å². The molecule has 0 bridgehead atoms. The Kier molecular flexibility index (Phi) is 6.07. The third-order valence-corrected chi connectivity index (χ3v) is 6.53. The van der Waals surface area contributed by atoms with Gasteiger partial charge in [-0.25, -0.2) is 4.79 Å². The molecule has 0 radical (unpaired) electrons. The van der Waals surface area contributed by atoms with Gasteiger partial charge in [0.25, 0.3) is 0 Å². The van der Waals surface area contributed by atoms with E-state index in [1.807, 2.05) is 18.2 Å². The number of amides is 1. The molecule has 0 atom stereocenters. The molecule has 1 fully saturated rings. The summed E-state index contributed by atoms with van der Waals surface area (Å²) in [5, 5.41) is 2.60. The number of carbonyl (C=O) groups excluding carboxylic acids is 1. The van der Waals surface area contributed by atoms with Gasteiger partial charge in [0.1, 0.15) is 5.75 Å². The number of hydrogen-bond acceptors (Lipinski definition) is 3. The monoisotopic (exact) mass is 511 g/mol. The second-order valence-corrected chi connectivity index (χ2v) is 8.73. The van der Waals surface area contributed by atoms with Crippen molar-refractivity contribution in [1.82, 2.24) is 9.55 Å². The van der Waals surface area contributed by atoms with E-state index in [1.165, 1.54) is 13.2 Å². The second kappa shape index (κ2) is 8.65. The van der Waals surface area contributed by atoms with Crippen molar-refractivity contribution >= 4 is 38.6 Å². The number of nitrogens with one attached hydrogen (secondary N) is 2. The predicted octanol–water partition coefficient (Wildman–Crippen LogP) is 5.49. The van der Waals surface area contributed by atoms with Crippen LogP contribution in [-0.2, 0) is 11.0 Å². The van der Waals surface area contributed by atoms with Crippen LogP contribution >= 0.6 is 15.9 Å². The first-order chi connectivity index (χ1) is 15.2. The molecule has 0 spiro atoms. The molecule has 3 aromatic rings. The summed E-state index contributed by atoms with van der Waals surface area (Å²) in [7, 11) is 1.27. The number of alkyl halides is 3. The van der Waals surface area contributed by atoms with Gasteiger partial charge in [0.15, 0.2) is 0 Å². The number of aromatic amines is 1. The maximum atomic E-state index is 13.1. The number of para-hydroxylation sites is 1. The number of hydrogen-bond donors (Lipinski definition) is 2. The Morgan fingerprint density at radius 1 is 1.19 bits per heavy atom. The second-order valence-electron chi connectivity index (χ2n) is 7.88. The van der Waals surface area contributed by atoms with Crippen molar-refractivity contribution in [2.24, 2.45) is 5.92 Å². The topological polar surface area (TPSA) is 76.1 Å². The molecule has 1 amide bonds. The van der Waals surface area contributed by atoms with Gasteiger partial charge in [-0.1, -0.05) is 6.07 Å². The van der Waals surface area contributed by atoms with Gasteiger partial charge < -0.3 is 15.0 Å². The molecule has 10 heteroatoms. The standard InChI is InChI=1S/C22H21BrF3N3O3/c1-32-16-10-13(22(24,25)26)9-14(11-16)27-20(30)12-5-7-15(8-6-12)29-18-4-2-3-17(23)19(18)28-21(29)31/h2-4,9-12,15H,5-8H2,1H3,(H,27,30)(H,28,31). The maximum absolute atomic E-state index is 13.1. The van der Waals surface area contributed by atoms with Crippen LogP contribution < -0.4 is 15.7 Å². The average molecular weight is 512 g/mol. The minimum Gasteiger partial charge on any atom is -0.497 e. The van der Waals surface area contributed by atoms with Crippen LogP contribution in [0.2, 0.25) is 0 Å². The molecule has 0 unspecified atom stereocenters. The number of nitrogens with zero attached hydrogens (tertiary/aromatic N) is 1. The Labute approximate surface area is 189 Å². The van der Waals surface area contributed by atoms with Crippen molar-refractivity contribution in [1.29, 1.82) is 0 Å². The van der Waals surface area contributed by atoms with E-state index in [1.54, 1.807) is 4.57 Å². The quantitative estimate of drug-likeness (QED) is 0.486. The average Bonchev–Trinajstić information content (AvgIpc) is 3.10. The molecule has 170 valence electrons. The van der Waals surface area contributed by atoms with E-state index in [9.17, 15) is 22.8 Å². The summed E-state index contributed by atoms with van der Waals surface area (Å²) in [6, 6.07) is 8.68. The van der Waals surface area contributed by atoms with Crippen molar-refractivity contribution in [3.63, 3.8) is 0 Å². The largest absolute Gasteiger partial charge is 0.497 e. The van der Waals surface area contributed by atoms with Crippen LogP contribution in [-0.4, -0.2) is 22.6 Å². The molecular formula is C22H21BrF3N3O3. The van der Waals surface area contributed by atoms with Gasteiger partial charge >= 0.3 is 11.9 Å². The fourth-order valence-corrected chi connectivity index (χ4v) is 4.72. The van der Waals surface area contributed by atoms with Crippen LogP contribution in [0.1, 0.15) is 37.3 Å². The first-order valence-electron chi connectivity index (χ1n) is 10.1. The van der Waals surface area contributed by atoms with Crippen LogP contribution in [0.15, 0.2) is 45.7 Å². The summed E-state index contributed by atoms with van der Waals surface area (Å²) >= 11 is 3.44. The number of rotatable bonds is 4. The van der Waals surface area contributed by atoms with Gasteiger partial charge in [-0.05, 0) is 65.9 Å². The molecule has 2 N–H and O–H groups in total. The van der Waals surface area contributed by atoms with Gasteiger partial charge in [0.2, 0.25) is 5.91 Å². The van der Waals surface area contributed by atoms with E-state index >= 15 is 0 Å². The zero-order valence-corrected chi connectivity index (χ0v) is 18.7. The van der Waals surface area contributed by atoms with Crippen LogP contribution in [0.25, 0.3) is 11.0 Å². The number of benzene rings is 2. The molecule has 0 saturated heterocycles. The SMILES string of the molecule is COc1cc(NC(=O)C2CCC(n3c(=O)[nH]c4c(Br)cccc43)CC2)cc(C(F)(F)F)c1. The molecule has 2 aromatic carbocycles. The smallest absolute Gasteiger partial charge is 0.416 e. The molecular weight excluding hydrogens is 491 g/mol. The molecule has 1 aliphatic carbocycles. The van der Waals surface area contributed by atoms with Gasteiger partial charge in [-0.15, -0.1) is 0 Å². The zero-order chi connectivity index (χ0) is 23.0. The fourth-order valence-electron chi connectivity index (χ4n) is 4.27. The maximum Gasteiger partial charge on any atom is 0.416 e. The Hall–Kier alpha value is -2.75. The third kappa shape index (κ3) is 4.41. The number of aromatic nitrogens is 2. The lowest BCUT2D eigenvalue weighted by molar-refractivity contribution is -0.137. The lowest BCUT2D eigenvalue weighted by Crippen LogP contribution is -2.31. The summed E-state index contributed by atoms with van der Waals surface area (Å²) in [6.07, 6.45) is -2.26. The van der Waals surface area contributed by atoms with Crippen molar-refractivity contribution in [3.8, 4) is 5.75 Å². The number of imidazole rings is 1. The van der Waals surface area contributed by atoms with Gasteiger partial charge in [-0.2, -0.15) is 13.2 Å². The molecule has 1 aliphatic rings. The Morgan fingerprint density at radius 2 is 1.91 bits per heavy atom. The minimum atomic E-state index is -4.55. The molecule has 4 rings (SSSR count). The lowest BCUT2D eigenvalue weighted by Gasteiger charge is -2.28. The number of fused-ring (bicyclic) bond motifs is 1. The van der Waals surface area contributed by atoms with E-state index in [-0.39, 0.29) is 35.0 Å². The fraction of sp³-hybridized carbons (Fsp3) is 0.364. The minimum absolute atomic E-state index is 0.0173. The predicted molar refractivity (Wildman–Crippen MR) is 118 cm³/mol. The van der Waals surface area contributed by atoms with Gasteiger partial charge in [0, 0.05) is 28.2 Å². The Bertz CT molecular complexity index is 1210. The lowest BCUT2D eigenvalue weighted by atomic mass is 9.85. The van der Waals surface area contributed by atoms with E-state index in [0.717, 1.165) is 27.6 Å². The van der Waals surface area contributed by atoms with E-state index in [2.05, 4.69) is 26.2 Å². The number of methoxy groups -OCH3 is 1. The van der Waals surface area contributed by atoms with Crippen molar-refractivity contribution in [2.75, 3.05) is 12.4 Å². The molecule has 32 heavy (non-hydrogen) atoms. The summed E-state index contributed by atoms with van der Waals surface area (Å²) in [4.78, 5) is 28.1. The summed E-state index contributed by atoms with van der Waals surface area (Å²) in [5.74, 6) is -0.665. The molecule has 1 heterocycles.